The molecular weight excluding hydrogens is 476 g/mol. The molecule has 2 aliphatic heterocycles. The molecule has 3 aromatic rings. The summed E-state index contributed by atoms with van der Waals surface area (Å²) in [5.74, 6) is -3.30. The minimum atomic E-state index is -1.13. The number of aromatic nitrogens is 1. The van der Waals surface area contributed by atoms with Crippen LogP contribution in [0.3, 0.4) is 0 Å². The number of hydrogen-bond donors (Lipinski definition) is 2. The zero-order valence-electron chi connectivity index (χ0n) is 17.5. The number of anilines is 1. The Morgan fingerprint density at radius 3 is 2.24 bits per heavy atom. The van der Waals surface area contributed by atoms with E-state index in [0.29, 0.717) is 20.5 Å². The van der Waals surface area contributed by atoms with Crippen molar-refractivity contribution >= 4 is 52.5 Å². The van der Waals surface area contributed by atoms with Gasteiger partial charge in [-0.1, -0.05) is 71.6 Å². The molecule has 3 heterocycles. The van der Waals surface area contributed by atoms with Gasteiger partial charge in [0.05, 0.1) is 10.9 Å². The highest BCUT2D eigenvalue weighted by atomic mass is 32.2. The fraction of sp³-hybridized carbons (Fsp3) is 0.174. The van der Waals surface area contributed by atoms with Crippen molar-refractivity contribution in [3.8, 4) is 0 Å². The average molecular weight is 495 g/mol. The highest BCUT2D eigenvalue weighted by Crippen LogP contribution is 2.53. The van der Waals surface area contributed by atoms with E-state index in [2.05, 4.69) is 5.32 Å². The van der Waals surface area contributed by atoms with E-state index in [-0.39, 0.29) is 11.4 Å². The molecule has 1 fully saturated rings. The molecule has 5 amide bonds. The lowest BCUT2D eigenvalue weighted by atomic mass is 9.83. The molecule has 0 aliphatic carbocycles. The lowest BCUT2D eigenvalue weighted by Crippen LogP contribution is -2.41. The van der Waals surface area contributed by atoms with Gasteiger partial charge in [0, 0.05) is 16.5 Å². The largest absolute Gasteiger partial charge is 0.351 e. The summed E-state index contributed by atoms with van der Waals surface area (Å²) in [7, 11) is 0. The summed E-state index contributed by atoms with van der Waals surface area (Å²) in [4.78, 5) is 64.3. The second-order valence-electron chi connectivity index (χ2n) is 7.84. The van der Waals surface area contributed by atoms with Gasteiger partial charge >= 0.3 is 10.9 Å². The van der Waals surface area contributed by atoms with Crippen LogP contribution in [0, 0.1) is 5.92 Å². The predicted molar refractivity (Wildman–Crippen MR) is 127 cm³/mol. The van der Waals surface area contributed by atoms with Crippen molar-refractivity contribution in [2.24, 2.45) is 11.7 Å². The number of hydrogen-bond acceptors (Lipinski definition) is 7. The van der Waals surface area contributed by atoms with Crippen LogP contribution < -0.4 is 15.9 Å². The number of thioether (sulfide) groups is 1. The first-order valence-electron chi connectivity index (χ1n) is 10.3. The van der Waals surface area contributed by atoms with Gasteiger partial charge in [-0.25, -0.2) is 4.79 Å². The van der Waals surface area contributed by atoms with E-state index in [0.717, 1.165) is 28.7 Å². The van der Waals surface area contributed by atoms with Crippen LogP contribution in [-0.2, 0) is 20.9 Å². The van der Waals surface area contributed by atoms with Gasteiger partial charge in [-0.05, 0) is 17.7 Å². The maximum absolute atomic E-state index is 13.1. The molecule has 0 spiro atoms. The van der Waals surface area contributed by atoms with Crippen molar-refractivity contribution in [2.45, 2.75) is 22.7 Å². The summed E-state index contributed by atoms with van der Waals surface area (Å²) < 4.78 is 1.32. The second-order valence-corrected chi connectivity index (χ2v) is 9.96. The molecule has 11 heteroatoms. The first kappa shape index (κ1) is 22.1. The van der Waals surface area contributed by atoms with Crippen LogP contribution in [0.25, 0.3) is 0 Å². The van der Waals surface area contributed by atoms with Crippen LogP contribution >= 0.6 is 23.1 Å². The molecule has 0 radical (unpaired) electrons. The van der Waals surface area contributed by atoms with Gasteiger partial charge in [0.25, 0.3) is 5.91 Å². The van der Waals surface area contributed by atoms with E-state index in [1.807, 2.05) is 24.3 Å². The molecule has 9 nitrogen and oxygen atoms in total. The quantitative estimate of drug-likeness (QED) is 0.535. The molecule has 34 heavy (non-hydrogen) atoms. The lowest BCUT2D eigenvalue weighted by Gasteiger charge is -2.30. The van der Waals surface area contributed by atoms with E-state index in [4.69, 9.17) is 5.73 Å². The Bertz CT molecular complexity index is 1370. The highest BCUT2D eigenvalue weighted by Gasteiger charge is 2.57. The number of para-hydroxylation sites is 1. The monoisotopic (exact) mass is 494 g/mol. The van der Waals surface area contributed by atoms with Gasteiger partial charge in [-0.2, -0.15) is 4.90 Å². The van der Waals surface area contributed by atoms with Crippen LogP contribution in [0.15, 0.2) is 70.5 Å². The number of fused-ring (bicyclic) bond motifs is 2. The molecule has 2 unspecified atom stereocenters. The van der Waals surface area contributed by atoms with E-state index >= 15 is 0 Å². The molecular formula is C23H18N4O5S2. The third kappa shape index (κ3) is 3.62. The number of carbonyl (C=O) groups is 4. The summed E-state index contributed by atoms with van der Waals surface area (Å²) in [6, 6.07) is 16.7. The number of primary amides is 1. The Labute approximate surface area is 201 Å². The number of urea groups is 1. The van der Waals surface area contributed by atoms with Crippen molar-refractivity contribution in [2.75, 3.05) is 5.32 Å². The van der Waals surface area contributed by atoms with E-state index in [9.17, 15) is 24.0 Å². The molecule has 0 saturated carbocycles. The standard InChI is InChI=1S/C23H18N4O5S2/c24-22(31)27-19(29)16-15(12-7-3-1-4-8-12)18-21(33-17(16)20(27)30)26(23(32)34-18)11-14(28)25-13-9-5-2-6-10-13/h1-10,15-17H,11H2,(H2,24,31)(H,25,28)/t15-,16?,17?/m0/s1. The van der Waals surface area contributed by atoms with Gasteiger partial charge in [0.1, 0.15) is 11.8 Å². The van der Waals surface area contributed by atoms with Crippen LogP contribution in [0.2, 0.25) is 0 Å². The van der Waals surface area contributed by atoms with Crippen molar-refractivity contribution in [1.29, 1.82) is 0 Å². The van der Waals surface area contributed by atoms with Crippen LogP contribution in [0.4, 0.5) is 10.5 Å². The summed E-state index contributed by atoms with van der Waals surface area (Å²) in [5.41, 5.74) is 6.64. The number of likely N-dealkylation sites (tertiary alicyclic amines) is 1. The number of imide groups is 3. The zero-order valence-corrected chi connectivity index (χ0v) is 19.2. The molecule has 3 atom stereocenters. The minimum Gasteiger partial charge on any atom is -0.351 e. The Balaban J connectivity index is 1.57. The number of thiazole rings is 1. The van der Waals surface area contributed by atoms with Gasteiger partial charge in [-0.3, -0.25) is 23.7 Å². The van der Waals surface area contributed by atoms with E-state index in [1.54, 1.807) is 36.4 Å². The number of nitrogens with one attached hydrogen (secondary N) is 1. The Kier molecular flexibility index (Phi) is 5.58. The smallest absolute Gasteiger partial charge is 0.328 e. The Hall–Kier alpha value is -3.70. The summed E-state index contributed by atoms with van der Waals surface area (Å²) in [5, 5.41) is 2.26. The van der Waals surface area contributed by atoms with Crippen molar-refractivity contribution in [3.63, 3.8) is 0 Å². The molecule has 1 aromatic heterocycles. The van der Waals surface area contributed by atoms with E-state index in [1.165, 1.54) is 4.57 Å². The molecule has 5 rings (SSSR count). The number of nitrogens with two attached hydrogens (primary N) is 1. The minimum absolute atomic E-state index is 0.257. The second kappa shape index (κ2) is 8.58. The number of carbonyl (C=O) groups excluding carboxylic acids is 4. The first-order chi connectivity index (χ1) is 16.4. The van der Waals surface area contributed by atoms with E-state index < -0.39 is 40.8 Å². The number of benzene rings is 2. The summed E-state index contributed by atoms with van der Waals surface area (Å²) in [6.07, 6.45) is 0. The fourth-order valence-corrected chi connectivity index (χ4v) is 7.13. The van der Waals surface area contributed by atoms with Gasteiger partial charge in [0.2, 0.25) is 11.8 Å². The molecule has 3 N–H and O–H groups in total. The first-order valence-corrected chi connectivity index (χ1v) is 12.0. The highest BCUT2D eigenvalue weighted by molar-refractivity contribution is 8.00. The normalized spacial score (nSPS) is 21.2. The SMILES string of the molecule is NC(=O)N1C(=O)C2Sc3c(sc(=O)n3CC(=O)Nc3ccccc3)[C@@H](c3ccccc3)C2C1=O. The van der Waals surface area contributed by atoms with Gasteiger partial charge in [0.15, 0.2) is 0 Å². The summed E-state index contributed by atoms with van der Waals surface area (Å²) >= 11 is 1.97. The number of amides is 5. The Morgan fingerprint density at radius 2 is 1.59 bits per heavy atom. The topological polar surface area (TPSA) is 132 Å². The van der Waals surface area contributed by atoms with Crippen molar-refractivity contribution in [1.82, 2.24) is 9.47 Å². The molecule has 1 saturated heterocycles. The van der Waals surface area contributed by atoms with Gasteiger partial charge < -0.3 is 11.1 Å². The third-order valence-corrected chi connectivity index (χ3v) is 8.39. The molecule has 172 valence electrons. The number of rotatable bonds is 4. The van der Waals surface area contributed by atoms with Crippen molar-refractivity contribution in [3.05, 3.63) is 80.8 Å². The van der Waals surface area contributed by atoms with Crippen molar-refractivity contribution < 1.29 is 19.2 Å². The van der Waals surface area contributed by atoms with Gasteiger partial charge in [-0.15, -0.1) is 0 Å². The maximum atomic E-state index is 13.1. The van der Waals surface area contributed by atoms with Crippen LogP contribution in [0.5, 0.6) is 0 Å². The Morgan fingerprint density at radius 1 is 0.941 bits per heavy atom. The predicted octanol–water partition coefficient (Wildman–Crippen LogP) is 2.22. The van der Waals surface area contributed by atoms with Crippen LogP contribution in [0.1, 0.15) is 16.4 Å². The average Bonchev–Trinajstić information content (AvgIpc) is 3.26. The molecule has 0 bridgehead atoms. The number of nitrogens with zero attached hydrogens (tertiary/aromatic N) is 2. The fourth-order valence-electron chi connectivity index (χ4n) is 4.36. The lowest BCUT2D eigenvalue weighted by molar-refractivity contribution is -0.135. The van der Waals surface area contributed by atoms with Crippen LogP contribution in [-0.4, -0.2) is 38.5 Å². The molecule has 2 aliphatic rings. The third-order valence-electron chi connectivity index (χ3n) is 5.79. The summed E-state index contributed by atoms with van der Waals surface area (Å²) in [6.45, 7) is -0.257. The zero-order chi connectivity index (χ0) is 24.0. The molecule has 2 aromatic carbocycles. The maximum Gasteiger partial charge on any atom is 0.328 e.